The van der Waals surface area contributed by atoms with E-state index in [9.17, 15) is 9.59 Å². The fourth-order valence-electron chi connectivity index (χ4n) is 1.37. The van der Waals surface area contributed by atoms with Gasteiger partial charge in [-0.2, -0.15) is 4.98 Å². The molecule has 1 heterocycles. The Bertz CT molecular complexity index is 482. The van der Waals surface area contributed by atoms with Gasteiger partial charge in [-0.05, 0) is 25.4 Å². The molecule has 0 amide bonds. The Morgan fingerprint density at radius 1 is 1.30 bits per heavy atom. The smallest absolute Gasteiger partial charge is 0.343 e. The molecule has 0 aliphatic rings. The molecule has 0 fully saturated rings. The van der Waals surface area contributed by atoms with Gasteiger partial charge in [0.15, 0.2) is 0 Å². The Balaban J connectivity index is 2.70. The van der Waals surface area contributed by atoms with Gasteiger partial charge in [0.05, 0.1) is 19.6 Å². The van der Waals surface area contributed by atoms with Crippen molar-refractivity contribution < 1.29 is 19.1 Å². The summed E-state index contributed by atoms with van der Waals surface area (Å²) in [6.45, 7) is 4.26. The fourth-order valence-corrected chi connectivity index (χ4v) is 1.50. The first kappa shape index (κ1) is 16.2. The molecule has 1 rings (SSSR count). The van der Waals surface area contributed by atoms with Crippen LogP contribution in [0.25, 0.3) is 0 Å². The van der Waals surface area contributed by atoms with Crippen LogP contribution in [0.4, 0.5) is 5.82 Å². The van der Waals surface area contributed by atoms with Gasteiger partial charge in [0, 0.05) is 12.7 Å². The van der Waals surface area contributed by atoms with Crippen molar-refractivity contribution in [1.29, 1.82) is 0 Å². The van der Waals surface area contributed by atoms with Crippen LogP contribution in [0.5, 0.6) is 0 Å². The quantitative estimate of drug-likeness (QED) is 0.605. The van der Waals surface area contributed by atoms with Gasteiger partial charge >= 0.3 is 11.9 Å². The van der Waals surface area contributed by atoms with Crippen molar-refractivity contribution in [2.45, 2.75) is 20.3 Å². The predicted octanol–water partition coefficient (Wildman–Crippen LogP) is 1.67. The van der Waals surface area contributed by atoms with Gasteiger partial charge in [-0.3, -0.25) is 4.79 Å². The Kier molecular flexibility index (Phi) is 6.72. The van der Waals surface area contributed by atoms with E-state index in [2.05, 4.69) is 15.3 Å². The summed E-state index contributed by atoms with van der Waals surface area (Å²) in [5.74, 6) is -0.659. The third kappa shape index (κ3) is 5.00. The van der Waals surface area contributed by atoms with Gasteiger partial charge in [-0.25, -0.2) is 9.78 Å². The second-order valence-electron chi connectivity index (χ2n) is 3.60. The topological polar surface area (TPSA) is 90.4 Å². The van der Waals surface area contributed by atoms with E-state index in [0.29, 0.717) is 6.61 Å². The van der Waals surface area contributed by atoms with Gasteiger partial charge in [0.2, 0.25) is 5.28 Å². The molecule has 0 spiro atoms. The van der Waals surface area contributed by atoms with Crippen LogP contribution >= 0.6 is 11.6 Å². The molecule has 0 saturated heterocycles. The summed E-state index contributed by atoms with van der Waals surface area (Å²) in [6.07, 6.45) is 1.43. The van der Waals surface area contributed by atoms with Crippen molar-refractivity contribution in [2.24, 2.45) is 0 Å². The summed E-state index contributed by atoms with van der Waals surface area (Å²) in [5, 5.41) is 2.84. The maximum absolute atomic E-state index is 11.7. The van der Waals surface area contributed by atoms with Crippen LogP contribution in [-0.4, -0.2) is 41.7 Å². The van der Waals surface area contributed by atoms with Crippen LogP contribution < -0.4 is 5.32 Å². The van der Waals surface area contributed by atoms with Crippen LogP contribution in [0.1, 0.15) is 30.6 Å². The number of anilines is 1. The van der Waals surface area contributed by atoms with E-state index in [0.717, 1.165) is 0 Å². The number of ether oxygens (including phenoxy) is 2. The van der Waals surface area contributed by atoms with Gasteiger partial charge in [-0.1, -0.05) is 0 Å². The van der Waals surface area contributed by atoms with Crippen molar-refractivity contribution in [1.82, 2.24) is 9.97 Å². The summed E-state index contributed by atoms with van der Waals surface area (Å²) in [7, 11) is 0. The zero-order valence-corrected chi connectivity index (χ0v) is 12.1. The lowest BCUT2D eigenvalue weighted by atomic mass is 10.3. The number of esters is 2. The number of hydrogen-bond acceptors (Lipinski definition) is 7. The van der Waals surface area contributed by atoms with Gasteiger partial charge in [-0.15, -0.1) is 0 Å². The number of hydrogen-bond donors (Lipinski definition) is 1. The van der Waals surface area contributed by atoms with Gasteiger partial charge in [0.25, 0.3) is 0 Å². The van der Waals surface area contributed by atoms with Gasteiger partial charge in [0.1, 0.15) is 11.4 Å². The second kappa shape index (κ2) is 8.31. The molecule has 0 atom stereocenters. The molecule has 1 aromatic rings. The summed E-state index contributed by atoms with van der Waals surface area (Å²) >= 11 is 5.68. The lowest BCUT2D eigenvalue weighted by Gasteiger charge is -2.09. The molecule has 8 heteroatoms. The molecule has 7 nitrogen and oxygen atoms in total. The van der Waals surface area contributed by atoms with E-state index in [1.807, 2.05) is 0 Å². The van der Waals surface area contributed by atoms with Crippen LogP contribution in [0.15, 0.2) is 6.20 Å². The zero-order chi connectivity index (χ0) is 15.0. The molecule has 1 N–H and O–H groups in total. The Morgan fingerprint density at radius 3 is 2.65 bits per heavy atom. The largest absolute Gasteiger partial charge is 0.466 e. The zero-order valence-electron chi connectivity index (χ0n) is 11.3. The molecule has 0 unspecified atom stereocenters. The van der Waals surface area contributed by atoms with Crippen LogP contribution in [-0.2, 0) is 14.3 Å². The first-order chi connectivity index (χ1) is 9.58. The highest BCUT2D eigenvalue weighted by molar-refractivity contribution is 6.28. The summed E-state index contributed by atoms with van der Waals surface area (Å²) < 4.78 is 9.67. The number of rotatable bonds is 7. The van der Waals surface area contributed by atoms with Crippen molar-refractivity contribution >= 4 is 29.4 Å². The average Bonchev–Trinajstić information content (AvgIpc) is 2.39. The lowest BCUT2D eigenvalue weighted by molar-refractivity contribution is -0.142. The third-order valence-electron chi connectivity index (χ3n) is 2.18. The van der Waals surface area contributed by atoms with Crippen LogP contribution in [0, 0.1) is 0 Å². The van der Waals surface area contributed by atoms with E-state index in [4.69, 9.17) is 21.1 Å². The molecule has 110 valence electrons. The molecule has 1 aromatic heterocycles. The maximum Gasteiger partial charge on any atom is 0.343 e. The first-order valence-corrected chi connectivity index (χ1v) is 6.55. The number of nitrogens with zero attached hydrogens (tertiary/aromatic N) is 2. The van der Waals surface area contributed by atoms with Gasteiger partial charge < -0.3 is 14.8 Å². The standard InChI is InChI=1S/C12H16ClN3O4/c1-3-19-9(17)5-6-14-10-8(11(18)20-4-2)7-15-12(13)16-10/h7H,3-6H2,1-2H3,(H,14,15,16). The number of carbonyl (C=O) groups excluding carboxylic acids is 2. The number of nitrogens with one attached hydrogen (secondary N) is 1. The predicted molar refractivity (Wildman–Crippen MR) is 72.7 cm³/mol. The molecular formula is C12H16ClN3O4. The SMILES string of the molecule is CCOC(=O)CCNc1nc(Cl)ncc1C(=O)OCC. The maximum atomic E-state index is 11.7. The van der Waals surface area contributed by atoms with E-state index < -0.39 is 5.97 Å². The monoisotopic (exact) mass is 301 g/mol. The molecule has 0 aliphatic heterocycles. The van der Waals surface area contributed by atoms with E-state index in [1.165, 1.54) is 6.20 Å². The molecule has 20 heavy (non-hydrogen) atoms. The number of carbonyl (C=O) groups is 2. The minimum atomic E-state index is -0.553. The van der Waals surface area contributed by atoms with Crippen molar-refractivity contribution in [3.63, 3.8) is 0 Å². The number of halogens is 1. The highest BCUT2D eigenvalue weighted by Crippen LogP contribution is 2.15. The summed E-state index contributed by atoms with van der Waals surface area (Å²) in [4.78, 5) is 30.6. The average molecular weight is 302 g/mol. The summed E-state index contributed by atoms with van der Waals surface area (Å²) in [6, 6.07) is 0. The van der Waals surface area contributed by atoms with Crippen molar-refractivity contribution in [3.8, 4) is 0 Å². The Hall–Kier alpha value is -1.89. The molecule has 0 saturated carbocycles. The van der Waals surface area contributed by atoms with E-state index in [-0.39, 0.29) is 42.2 Å². The van der Waals surface area contributed by atoms with E-state index in [1.54, 1.807) is 13.8 Å². The highest BCUT2D eigenvalue weighted by atomic mass is 35.5. The van der Waals surface area contributed by atoms with Crippen LogP contribution in [0.2, 0.25) is 5.28 Å². The Morgan fingerprint density at radius 2 is 2.00 bits per heavy atom. The minimum Gasteiger partial charge on any atom is -0.466 e. The third-order valence-corrected chi connectivity index (χ3v) is 2.36. The van der Waals surface area contributed by atoms with Crippen molar-refractivity contribution in [3.05, 3.63) is 17.0 Å². The summed E-state index contributed by atoms with van der Waals surface area (Å²) in [5.41, 5.74) is 0.167. The van der Waals surface area contributed by atoms with Crippen LogP contribution in [0.3, 0.4) is 0 Å². The molecule has 0 bridgehead atoms. The molecule has 0 aliphatic carbocycles. The second-order valence-corrected chi connectivity index (χ2v) is 3.94. The molecule has 0 radical (unpaired) electrons. The highest BCUT2D eigenvalue weighted by Gasteiger charge is 2.15. The normalized spacial score (nSPS) is 9.95. The minimum absolute atomic E-state index is 0.00307. The first-order valence-electron chi connectivity index (χ1n) is 6.17. The molecular weight excluding hydrogens is 286 g/mol. The Labute approximate surface area is 121 Å². The van der Waals surface area contributed by atoms with Crippen molar-refractivity contribution in [2.75, 3.05) is 25.1 Å². The number of aromatic nitrogens is 2. The lowest BCUT2D eigenvalue weighted by Crippen LogP contribution is -2.16. The van der Waals surface area contributed by atoms with E-state index >= 15 is 0 Å². The fraction of sp³-hybridized carbons (Fsp3) is 0.500. The molecule has 0 aromatic carbocycles.